The Morgan fingerprint density at radius 2 is 1.75 bits per heavy atom. The second-order valence-electron chi connectivity index (χ2n) is 4.27. The van der Waals surface area contributed by atoms with Gasteiger partial charge in [0, 0.05) is 0 Å². The average molecular weight is 288 g/mol. The Balaban J connectivity index is 1.80. The second-order valence-corrected chi connectivity index (χ2v) is 4.67. The van der Waals surface area contributed by atoms with Gasteiger partial charge in [-0.2, -0.15) is 5.26 Å². The van der Waals surface area contributed by atoms with Gasteiger partial charge in [0.2, 0.25) is 0 Å². The van der Waals surface area contributed by atoms with E-state index in [-0.39, 0.29) is 0 Å². The van der Waals surface area contributed by atoms with Gasteiger partial charge in [0.1, 0.15) is 24.7 Å². The van der Waals surface area contributed by atoms with Crippen LogP contribution in [-0.2, 0) is 0 Å². The lowest BCUT2D eigenvalue weighted by Crippen LogP contribution is -2.09. The normalized spacial score (nSPS) is 9.85. The first-order valence-corrected chi connectivity index (χ1v) is 6.59. The van der Waals surface area contributed by atoms with E-state index in [2.05, 4.69) is 6.07 Å². The van der Waals surface area contributed by atoms with Crippen molar-refractivity contribution < 1.29 is 9.47 Å². The van der Waals surface area contributed by atoms with E-state index in [0.717, 1.165) is 5.56 Å². The highest BCUT2D eigenvalue weighted by Crippen LogP contribution is 2.25. The first kappa shape index (κ1) is 14.2. The molecular weight excluding hydrogens is 274 g/mol. The van der Waals surface area contributed by atoms with Gasteiger partial charge in [-0.1, -0.05) is 17.7 Å². The van der Waals surface area contributed by atoms with Crippen LogP contribution >= 0.6 is 11.6 Å². The minimum atomic E-state index is 0.406. The maximum atomic E-state index is 8.69. The van der Waals surface area contributed by atoms with E-state index >= 15 is 0 Å². The van der Waals surface area contributed by atoms with Crippen LogP contribution in [0.1, 0.15) is 11.1 Å². The number of aryl methyl sites for hydroxylation is 1. The fraction of sp³-hybridized carbons (Fsp3) is 0.188. The van der Waals surface area contributed by atoms with Gasteiger partial charge in [0.15, 0.2) is 0 Å². The zero-order valence-corrected chi connectivity index (χ0v) is 11.9. The summed E-state index contributed by atoms with van der Waals surface area (Å²) in [6, 6.07) is 14.7. The summed E-state index contributed by atoms with van der Waals surface area (Å²) in [4.78, 5) is 0. The average Bonchev–Trinajstić information content (AvgIpc) is 2.46. The highest BCUT2D eigenvalue weighted by Gasteiger charge is 2.01. The molecule has 2 aromatic rings. The zero-order valence-electron chi connectivity index (χ0n) is 11.1. The molecule has 102 valence electrons. The van der Waals surface area contributed by atoms with Crippen LogP contribution in [0.15, 0.2) is 42.5 Å². The van der Waals surface area contributed by atoms with Crippen molar-refractivity contribution in [1.29, 1.82) is 5.26 Å². The smallest absolute Gasteiger partial charge is 0.138 e. The SMILES string of the molecule is Cc1ccc(OCCOc2ccc(C#N)cc2)c(Cl)c1. The monoisotopic (exact) mass is 287 g/mol. The van der Waals surface area contributed by atoms with Crippen molar-refractivity contribution in [3.63, 3.8) is 0 Å². The van der Waals surface area contributed by atoms with Crippen LogP contribution in [0.2, 0.25) is 5.02 Å². The number of nitriles is 1. The molecule has 0 radical (unpaired) electrons. The highest BCUT2D eigenvalue weighted by molar-refractivity contribution is 6.32. The molecule has 0 saturated heterocycles. The predicted octanol–water partition coefficient (Wildman–Crippen LogP) is 3.98. The van der Waals surface area contributed by atoms with E-state index in [0.29, 0.717) is 35.3 Å². The maximum absolute atomic E-state index is 8.69. The number of rotatable bonds is 5. The third-order valence-electron chi connectivity index (χ3n) is 2.68. The first-order valence-electron chi connectivity index (χ1n) is 6.21. The molecule has 0 aliphatic carbocycles. The Morgan fingerprint density at radius 3 is 2.40 bits per heavy atom. The Kier molecular flexibility index (Phi) is 4.86. The van der Waals surface area contributed by atoms with Gasteiger partial charge >= 0.3 is 0 Å². The van der Waals surface area contributed by atoms with Gasteiger partial charge in [-0.05, 0) is 48.9 Å². The standard InChI is InChI=1S/C16H14ClNO2/c1-12-2-7-16(15(17)10-12)20-9-8-19-14-5-3-13(11-18)4-6-14/h2-7,10H,8-9H2,1H3. The Bertz CT molecular complexity index is 617. The van der Waals surface area contributed by atoms with Crippen molar-refractivity contribution in [2.24, 2.45) is 0 Å². The molecule has 4 heteroatoms. The van der Waals surface area contributed by atoms with Crippen LogP contribution in [0, 0.1) is 18.3 Å². The Morgan fingerprint density at radius 1 is 1.05 bits per heavy atom. The van der Waals surface area contributed by atoms with E-state index in [1.807, 2.05) is 25.1 Å². The zero-order chi connectivity index (χ0) is 14.4. The molecule has 2 rings (SSSR count). The van der Waals surface area contributed by atoms with Gasteiger partial charge in [0.25, 0.3) is 0 Å². The van der Waals surface area contributed by atoms with E-state index in [4.69, 9.17) is 26.3 Å². The molecule has 0 spiro atoms. The number of hydrogen-bond donors (Lipinski definition) is 0. The number of hydrogen-bond acceptors (Lipinski definition) is 3. The molecule has 2 aromatic carbocycles. The minimum absolute atomic E-state index is 0.406. The van der Waals surface area contributed by atoms with Crippen molar-refractivity contribution in [1.82, 2.24) is 0 Å². The molecule has 0 fully saturated rings. The summed E-state index contributed by atoms with van der Waals surface area (Å²) in [6.07, 6.45) is 0. The molecular formula is C16H14ClNO2. The Labute approximate surface area is 123 Å². The van der Waals surface area contributed by atoms with E-state index < -0.39 is 0 Å². The predicted molar refractivity (Wildman–Crippen MR) is 78.3 cm³/mol. The molecule has 0 amide bonds. The lowest BCUT2D eigenvalue weighted by Gasteiger charge is -2.10. The van der Waals surface area contributed by atoms with Crippen molar-refractivity contribution in [2.45, 2.75) is 6.92 Å². The molecule has 0 heterocycles. The third-order valence-corrected chi connectivity index (χ3v) is 2.98. The molecule has 20 heavy (non-hydrogen) atoms. The summed E-state index contributed by atoms with van der Waals surface area (Å²) < 4.78 is 11.1. The molecule has 0 N–H and O–H groups in total. The maximum Gasteiger partial charge on any atom is 0.138 e. The third kappa shape index (κ3) is 3.91. The minimum Gasteiger partial charge on any atom is -0.490 e. The van der Waals surface area contributed by atoms with Gasteiger partial charge in [-0.15, -0.1) is 0 Å². The quantitative estimate of drug-likeness (QED) is 0.781. The van der Waals surface area contributed by atoms with Crippen LogP contribution in [0.25, 0.3) is 0 Å². The lowest BCUT2D eigenvalue weighted by atomic mass is 10.2. The van der Waals surface area contributed by atoms with E-state index in [9.17, 15) is 0 Å². The number of benzene rings is 2. The van der Waals surface area contributed by atoms with Crippen molar-refractivity contribution >= 4 is 11.6 Å². The van der Waals surface area contributed by atoms with Crippen molar-refractivity contribution in [2.75, 3.05) is 13.2 Å². The van der Waals surface area contributed by atoms with E-state index in [1.165, 1.54) is 0 Å². The van der Waals surface area contributed by atoms with Crippen molar-refractivity contribution in [3.05, 3.63) is 58.6 Å². The number of nitrogens with zero attached hydrogens (tertiary/aromatic N) is 1. The van der Waals surface area contributed by atoms with Crippen LogP contribution in [0.3, 0.4) is 0 Å². The summed E-state index contributed by atoms with van der Waals surface area (Å²) in [5.41, 5.74) is 1.70. The fourth-order valence-electron chi connectivity index (χ4n) is 1.66. The summed E-state index contributed by atoms with van der Waals surface area (Å²) >= 11 is 6.06. The summed E-state index contributed by atoms with van der Waals surface area (Å²) in [7, 11) is 0. The van der Waals surface area contributed by atoms with Gasteiger partial charge in [-0.3, -0.25) is 0 Å². The topological polar surface area (TPSA) is 42.2 Å². The molecule has 0 bridgehead atoms. The van der Waals surface area contributed by atoms with E-state index in [1.54, 1.807) is 24.3 Å². The number of halogens is 1. The van der Waals surface area contributed by atoms with Gasteiger partial charge in [-0.25, -0.2) is 0 Å². The first-order chi connectivity index (χ1) is 9.69. The molecule has 0 atom stereocenters. The lowest BCUT2D eigenvalue weighted by molar-refractivity contribution is 0.217. The molecule has 0 aromatic heterocycles. The summed E-state index contributed by atoms with van der Waals surface area (Å²) in [5.74, 6) is 1.36. The van der Waals surface area contributed by atoms with Gasteiger partial charge < -0.3 is 9.47 Å². The molecule has 3 nitrogen and oxygen atoms in total. The molecule has 0 aliphatic heterocycles. The number of ether oxygens (including phenoxy) is 2. The highest BCUT2D eigenvalue weighted by atomic mass is 35.5. The molecule has 0 aliphatic rings. The van der Waals surface area contributed by atoms with Crippen LogP contribution in [0.4, 0.5) is 0 Å². The molecule has 0 saturated carbocycles. The Hall–Kier alpha value is -2.18. The molecule has 0 unspecified atom stereocenters. The van der Waals surface area contributed by atoms with Crippen molar-refractivity contribution in [3.8, 4) is 17.6 Å². The van der Waals surface area contributed by atoms with Crippen LogP contribution in [0.5, 0.6) is 11.5 Å². The summed E-state index contributed by atoms with van der Waals surface area (Å²) in [5, 5.41) is 9.29. The van der Waals surface area contributed by atoms with Gasteiger partial charge in [0.05, 0.1) is 16.7 Å². The largest absolute Gasteiger partial charge is 0.490 e. The van der Waals surface area contributed by atoms with Crippen LogP contribution < -0.4 is 9.47 Å². The fourth-order valence-corrected chi connectivity index (χ4v) is 1.95. The van der Waals surface area contributed by atoms with Crippen LogP contribution in [-0.4, -0.2) is 13.2 Å². The summed E-state index contributed by atoms with van der Waals surface area (Å²) in [6.45, 7) is 2.79. The second kappa shape index (κ2) is 6.83.